The first-order valence-corrected chi connectivity index (χ1v) is 27.0. The fourth-order valence-electron chi connectivity index (χ4n) is 4.50. The van der Waals surface area contributed by atoms with Crippen LogP contribution >= 0.6 is 0 Å². The number of rotatable bonds is 22. The van der Waals surface area contributed by atoms with Crippen molar-refractivity contribution in [3.63, 3.8) is 0 Å². The summed E-state index contributed by atoms with van der Waals surface area (Å²) in [6.07, 6.45) is 6.60. The van der Waals surface area contributed by atoms with Crippen LogP contribution in [-0.4, -0.2) is 67.9 Å². The molecular formula is C37H76O7Si3. The van der Waals surface area contributed by atoms with Crippen LogP contribution in [0.5, 0.6) is 0 Å². The van der Waals surface area contributed by atoms with Crippen LogP contribution in [-0.2, 0) is 32.4 Å². The number of ketones is 2. The lowest BCUT2D eigenvalue weighted by molar-refractivity contribution is -0.151. The van der Waals surface area contributed by atoms with E-state index in [9.17, 15) is 14.4 Å². The Bertz CT molecular complexity index is 972. The SMILES string of the molecule is CCOC(=O)C(C)C(=O)CC(=O)C[C@H](C[C@@H](CCCCCCCO[Si](C)(C)C(C)(C)C)O[Si](C)(C)C(C)(C)C)O[Si](C)(C)C(C)(C)C. The highest BCUT2D eigenvalue weighted by molar-refractivity contribution is 6.75. The lowest BCUT2D eigenvalue weighted by Gasteiger charge is -2.42. The first kappa shape index (κ1) is 46.3. The highest BCUT2D eigenvalue weighted by Gasteiger charge is 2.43. The number of ether oxygens (including phenoxy) is 1. The van der Waals surface area contributed by atoms with Crippen LogP contribution in [0.15, 0.2) is 0 Å². The van der Waals surface area contributed by atoms with Crippen molar-refractivity contribution >= 4 is 42.5 Å². The third kappa shape index (κ3) is 16.7. The van der Waals surface area contributed by atoms with Crippen molar-refractivity contribution in [1.29, 1.82) is 0 Å². The standard InChI is InChI=1S/C37H76O7Si3/c1-18-41-34(40)29(2)33(39)27-30(38)26-32(44-47(16,17)37(9,10)11)28-31(43-46(14,15)36(6,7)8)24-22-20-19-21-23-25-42-45(12,13)35(3,4)5/h29,31-32H,18-28H2,1-17H3/t29?,31-,32-/m1/s1. The highest BCUT2D eigenvalue weighted by atomic mass is 28.4. The van der Waals surface area contributed by atoms with Crippen molar-refractivity contribution in [2.45, 2.75) is 201 Å². The number of esters is 1. The summed E-state index contributed by atoms with van der Waals surface area (Å²) in [5.41, 5.74) is 0. The molecule has 0 aliphatic carbocycles. The Morgan fingerprint density at radius 3 is 1.55 bits per heavy atom. The van der Waals surface area contributed by atoms with E-state index < -0.39 is 42.6 Å². The largest absolute Gasteiger partial charge is 0.465 e. The zero-order valence-electron chi connectivity index (χ0n) is 33.9. The third-order valence-electron chi connectivity index (χ3n) is 11.0. The molecule has 0 saturated heterocycles. The van der Waals surface area contributed by atoms with Gasteiger partial charge in [-0.2, -0.15) is 0 Å². The van der Waals surface area contributed by atoms with Gasteiger partial charge in [-0.3, -0.25) is 14.4 Å². The Hall–Kier alpha value is -0.659. The number of carbonyl (C=O) groups excluding carboxylic acids is 3. The van der Waals surface area contributed by atoms with Gasteiger partial charge >= 0.3 is 5.97 Å². The molecular weight excluding hydrogens is 641 g/mol. The molecule has 0 amide bonds. The van der Waals surface area contributed by atoms with Crippen LogP contribution in [0.4, 0.5) is 0 Å². The molecule has 0 fully saturated rings. The van der Waals surface area contributed by atoms with Crippen molar-refractivity contribution < 1.29 is 32.4 Å². The maximum absolute atomic E-state index is 13.3. The summed E-state index contributed by atoms with van der Waals surface area (Å²) >= 11 is 0. The molecule has 0 rings (SSSR count). The van der Waals surface area contributed by atoms with E-state index in [1.165, 1.54) is 6.92 Å². The first-order valence-electron chi connectivity index (χ1n) is 18.3. The Labute approximate surface area is 293 Å². The van der Waals surface area contributed by atoms with Crippen LogP contribution in [0.25, 0.3) is 0 Å². The third-order valence-corrected chi connectivity index (χ3v) is 24.6. The highest BCUT2D eigenvalue weighted by Crippen LogP contribution is 2.41. The van der Waals surface area contributed by atoms with E-state index >= 15 is 0 Å². The summed E-state index contributed by atoms with van der Waals surface area (Å²) < 4.78 is 25.3. The molecule has 0 aliphatic heterocycles. The van der Waals surface area contributed by atoms with E-state index in [-0.39, 0.29) is 52.6 Å². The van der Waals surface area contributed by atoms with Crippen molar-refractivity contribution in [2.24, 2.45) is 5.92 Å². The number of carbonyl (C=O) groups is 3. The molecule has 7 nitrogen and oxygen atoms in total. The summed E-state index contributed by atoms with van der Waals surface area (Å²) in [5.74, 6) is -2.12. The Kier molecular flexibility index (Phi) is 18.8. The normalized spacial score (nSPS) is 15.7. The maximum atomic E-state index is 13.3. The summed E-state index contributed by atoms with van der Waals surface area (Å²) in [6, 6.07) is 0. The summed E-state index contributed by atoms with van der Waals surface area (Å²) in [6.45, 7) is 38.1. The van der Waals surface area contributed by atoms with E-state index in [0.29, 0.717) is 6.42 Å². The molecule has 0 spiro atoms. The molecule has 0 aromatic rings. The molecule has 47 heavy (non-hydrogen) atoms. The minimum atomic E-state index is -2.23. The second kappa shape index (κ2) is 19.1. The van der Waals surface area contributed by atoms with Gasteiger partial charge in [0.1, 0.15) is 11.7 Å². The minimum absolute atomic E-state index is 0.0328. The predicted molar refractivity (Wildman–Crippen MR) is 205 cm³/mol. The zero-order chi connectivity index (χ0) is 37.1. The smallest absolute Gasteiger partial charge is 0.316 e. The lowest BCUT2D eigenvalue weighted by atomic mass is 9.97. The summed E-state index contributed by atoms with van der Waals surface area (Å²) in [7, 11) is -6.03. The van der Waals surface area contributed by atoms with Crippen LogP contribution in [0.1, 0.15) is 134 Å². The second-order valence-electron chi connectivity index (χ2n) is 18.3. The van der Waals surface area contributed by atoms with E-state index in [1.54, 1.807) is 6.92 Å². The zero-order valence-corrected chi connectivity index (χ0v) is 36.9. The molecule has 0 heterocycles. The molecule has 278 valence electrons. The quantitative estimate of drug-likeness (QED) is 0.0477. The van der Waals surface area contributed by atoms with Gasteiger partial charge in [-0.1, -0.05) is 88.0 Å². The van der Waals surface area contributed by atoms with Crippen LogP contribution in [0.2, 0.25) is 54.4 Å². The van der Waals surface area contributed by atoms with Crippen LogP contribution in [0.3, 0.4) is 0 Å². The Morgan fingerprint density at radius 1 is 0.638 bits per heavy atom. The monoisotopic (exact) mass is 716 g/mol. The summed E-state index contributed by atoms with van der Waals surface area (Å²) in [5, 5.41) is 0.253. The number of hydrogen-bond acceptors (Lipinski definition) is 7. The van der Waals surface area contributed by atoms with Crippen molar-refractivity contribution in [1.82, 2.24) is 0 Å². The minimum Gasteiger partial charge on any atom is -0.465 e. The van der Waals surface area contributed by atoms with Gasteiger partial charge in [0.15, 0.2) is 30.7 Å². The number of Topliss-reactive ketones (excluding diaryl/α,β-unsaturated/α-hetero) is 2. The molecule has 0 N–H and O–H groups in total. The molecule has 0 aromatic carbocycles. The average Bonchev–Trinajstić information content (AvgIpc) is 2.87. The van der Waals surface area contributed by atoms with Gasteiger partial charge in [-0.05, 0) is 87.5 Å². The molecule has 0 bridgehead atoms. The van der Waals surface area contributed by atoms with Gasteiger partial charge in [-0.15, -0.1) is 0 Å². The van der Waals surface area contributed by atoms with Gasteiger partial charge in [0.05, 0.1) is 19.1 Å². The fraction of sp³-hybridized carbons (Fsp3) is 0.919. The van der Waals surface area contributed by atoms with E-state index in [1.807, 2.05) is 0 Å². The van der Waals surface area contributed by atoms with E-state index in [4.69, 9.17) is 18.0 Å². The first-order chi connectivity index (χ1) is 21.1. The van der Waals surface area contributed by atoms with Gasteiger partial charge in [0.25, 0.3) is 0 Å². The summed E-state index contributed by atoms with van der Waals surface area (Å²) in [4.78, 5) is 38.3. The molecule has 10 heteroatoms. The van der Waals surface area contributed by atoms with E-state index in [2.05, 4.69) is 102 Å². The number of hydrogen-bond donors (Lipinski definition) is 0. The Balaban J connectivity index is 5.71. The van der Waals surface area contributed by atoms with Crippen LogP contribution in [0, 0.1) is 5.92 Å². The van der Waals surface area contributed by atoms with Gasteiger partial charge < -0.3 is 18.0 Å². The molecule has 0 aromatic heterocycles. The van der Waals surface area contributed by atoms with Gasteiger partial charge in [0.2, 0.25) is 0 Å². The molecule has 3 atom stereocenters. The Morgan fingerprint density at radius 2 is 1.09 bits per heavy atom. The van der Waals surface area contributed by atoms with Crippen LogP contribution < -0.4 is 0 Å². The van der Waals surface area contributed by atoms with Crippen molar-refractivity contribution in [3.8, 4) is 0 Å². The van der Waals surface area contributed by atoms with Gasteiger partial charge in [0, 0.05) is 19.1 Å². The molecule has 0 aliphatic rings. The predicted octanol–water partition coefficient (Wildman–Crippen LogP) is 10.6. The lowest BCUT2D eigenvalue weighted by Crippen LogP contribution is -2.47. The molecule has 0 radical (unpaired) electrons. The average molecular weight is 717 g/mol. The second-order valence-corrected chi connectivity index (χ2v) is 32.6. The topological polar surface area (TPSA) is 88.1 Å². The van der Waals surface area contributed by atoms with Crippen molar-refractivity contribution in [2.75, 3.05) is 13.2 Å². The fourth-order valence-corrected chi connectivity index (χ4v) is 8.35. The van der Waals surface area contributed by atoms with Gasteiger partial charge in [-0.25, -0.2) is 0 Å². The maximum Gasteiger partial charge on any atom is 0.316 e. The van der Waals surface area contributed by atoms with E-state index in [0.717, 1.165) is 45.1 Å². The van der Waals surface area contributed by atoms with Crippen molar-refractivity contribution in [3.05, 3.63) is 0 Å². The number of unbranched alkanes of at least 4 members (excludes halogenated alkanes) is 4. The molecule has 0 saturated carbocycles. The molecule has 1 unspecified atom stereocenters.